The molecule has 0 amide bonds. The third kappa shape index (κ3) is 19.9. The molecule has 0 N–H and O–H groups in total. The summed E-state index contributed by atoms with van der Waals surface area (Å²) in [5.74, 6) is 0. The van der Waals surface area contributed by atoms with Crippen LogP contribution in [0.25, 0.3) is 0 Å². The Bertz CT molecular complexity index is 309. The summed E-state index contributed by atoms with van der Waals surface area (Å²) in [6, 6.07) is 0. The Hall–Kier alpha value is -0.890. The number of carbonyl (C=O) groups excluding carboxylic acids is 1. The van der Waals surface area contributed by atoms with E-state index in [1.165, 1.54) is 0 Å². The predicted octanol–water partition coefficient (Wildman–Crippen LogP) is 4.36. The van der Waals surface area contributed by atoms with Crippen molar-refractivity contribution in [1.29, 1.82) is 0 Å². The SMILES string of the molecule is CCCCOCCOCCC(C)OC(=O)OC(C)CCOCCOCCCC. The number of hydrogen-bond donors (Lipinski definition) is 0. The number of rotatable bonds is 20. The molecule has 0 bridgehead atoms. The number of unbranched alkanes of at least 4 members (excludes halogenated alkanes) is 2. The fraction of sp³-hybridized carbons (Fsp3) is 0.952. The van der Waals surface area contributed by atoms with Gasteiger partial charge in [-0.1, -0.05) is 26.7 Å². The minimum Gasteiger partial charge on any atom is -0.431 e. The maximum Gasteiger partial charge on any atom is 0.508 e. The average molecular weight is 407 g/mol. The molecule has 0 fully saturated rings. The Kier molecular flexibility index (Phi) is 20.2. The molecular weight excluding hydrogens is 364 g/mol. The molecule has 0 aromatic rings. The van der Waals surface area contributed by atoms with Gasteiger partial charge in [-0.3, -0.25) is 0 Å². The standard InChI is InChI=1S/C21H42O7/c1-5-7-11-23-15-17-25-13-9-19(3)27-21(22)28-20(4)10-14-26-18-16-24-12-8-6-2/h19-20H,5-18H2,1-4H3. The molecule has 0 rings (SSSR count). The first-order valence-corrected chi connectivity index (χ1v) is 10.8. The van der Waals surface area contributed by atoms with Crippen molar-refractivity contribution in [2.45, 2.75) is 78.4 Å². The molecule has 7 nitrogen and oxygen atoms in total. The van der Waals surface area contributed by atoms with Gasteiger partial charge in [0.25, 0.3) is 0 Å². The maximum absolute atomic E-state index is 11.8. The van der Waals surface area contributed by atoms with Gasteiger partial charge in [-0.25, -0.2) is 4.79 Å². The summed E-state index contributed by atoms with van der Waals surface area (Å²) in [6.07, 6.45) is 4.51. The zero-order valence-electron chi connectivity index (χ0n) is 18.4. The minimum absolute atomic E-state index is 0.253. The minimum atomic E-state index is -0.647. The van der Waals surface area contributed by atoms with Gasteiger partial charge in [0.1, 0.15) is 12.2 Å². The number of ether oxygens (including phenoxy) is 6. The van der Waals surface area contributed by atoms with Crippen molar-refractivity contribution in [3.8, 4) is 0 Å². The summed E-state index contributed by atoms with van der Waals surface area (Å²) in [4.78, 5) is 11.8. The topological polar surface area (TPSA) is 72.5 Å². The highest BCUT2D eigenvalue weighted by atomic mass is 16.7. The molecule has 0 aromatic carbocycles. The summed E-state index contributed by atoms with van der Waals surface area (Å²) >= 11 is 0. The lowest BCUT2D eigenvalue weighted by atomic mass is 10.3. The smallest absolute Gasteiger partial charge is 0.431 e. The number of hydrogen-bond acceptors (Lipinski definition) is 7. The van der Waals surface area contributed by atoms with Crippen LogP contribution in [0.1, 0.15) is 66.2 Å². The van der Waals surface area contributed by atoms with Crippen molar-refractivity contribution in [2.24, 2.45) is 0 Å². The fourth-order valence-electron chi connectivity index (χ4n) is 2.11. The van der Waals surface area contributed by atoms with Gasteiger partial charge in [0, 0.05) is 26.1 Å². The third-order valence-corrected chi connectivity index (χ3v) is 3.96. The second kappa shape index (κ2) is 20.8. The van der Waals surface area contributed by atoms with Crippen molar-refractivity contribution >= 4 is 6.16 Å². The van der Waals surface area contributed by atoms with Crippen LogP contribution in [0.3, 0.4) is 0 Å². The highest BCUT2D eigenvalue weighted by Crippen LogP contribution is 2.05. The molecule has 0 radical (unpaired) electrons. The van der Waals surface area contributed by atoms with Crippen LogP contribution in [0.15, 0.2) is 0 Å². The molecule has 0 saturated heterocycles. The Morgan fingerprint density at radius 3 is 1.32 bits per heavy atom. The van der Waals surface area contributed by atoms with Gasteiger partial charge in [-0.05, 0) is 26.7 Å². The highest BCUT2D eigenvalue weighted by molar-refractivity contribution is 5.60. The van der Waals surface area contributed by atoms with Crippen LogP contribution in [-0.4, -0.2) is 71.2 Å². The van der Waals surface area contributed by atoms with Crippen molar-refractivity contribution in [1.82, 2.24) is 0 Å². The van der Waals surface area contributed by atoms with E-state index in [2.05, 4.69) is 13.8 Å². The third-order valence-electron chi connectivity index (χ3n) is 3.96. The second-order valence-corrected chi connectivity index (χ2v) is 6.84. The van der Waals surface area contributed by atoms with Crippen LogP contribution < -0.4 is 0 Å². The van der Waals surface area contributed by atoms with Crippen LogP contribution in [0.4, 0.5) is 4.79 Å². The van der Waals surface area contributed by atoms with Crippen molar-refractivity contribution in [3.63, 3.8) is 0 Å². The zero-order chi connectivity index (χ0) is 20.9. The van der Waals surface area contributed by atoms with Gasteiger partial charge in [0.05, 0.1) is 39.6 Å². The Morgan fingerprint density at radius 1 is 0.607 bits per heavy atom. The van der Waals surface area contributed by atoms with E-state index in [0.717, 1.165) is 38.9 Å². The van der Waals surface area contributed by atoms with E-state index in [-0.39, 0.29) is 12.2 Å². The van der Waals surface area contributed by atoms with E-state index in [9.17, 15) is 4.79 Å². The zero-order valence-corrected chi connectivity index (χ0v) is 18.4. The second-order valence-electron chi connectivity index (χ2n) is 6.84. The van der Waals surface area contributed by atoms with Gasteiger partial charge in [-0.2, -0.15) is 0 Å². The molecule has 2 atom stereocenters. The molecule has 0 aromatic heterocycles. The molecule has 0 aliphatic heterocycles. The van der Waals surface area contributed by atoms with E-state index < -0.39 is 6.16 Å². The lowest BCUT2D eigenvalue weighted by molar-refractivity contribution is -0.0168. The maximum atomic E-state index is 11.8. The lowest BCUT2D eigenvalue weighted by Crippen LogP contribution is -2.23. The number of carbonyl (C=O) groups is 1. The Morgan fingerprint density at radius 2 is 0.964 bits per heavy atom. The fourth-order valence-corrected chi connectivity index (χ4v) is 2.11. The molecule has 168 valence electrons. The van der Waals surface area contributed by atoms with Gasteiger partial charge in [0.15, 0.2) is 0 Å². The predicted molar refractivity (Wildman–Crippen MR) is 109 cm³/mol. The van der Waals surface area contributed by atoms with Crippen LogP contribution in [0.5, 0.6) is 0 Å². The Balaban J connectivity index is 3.49. The molecule has 0 spiro atoms. The summed E-state index contributed by atoms with van der Waals surface area (Å²) in [5, 5.41) is 0. The van der Waals surface area contributed by atoms with Crippen LogP contribution in [-0.2, 0) is 28.4 Å². The van der Waals surface area contributed by atoms with Crippen LogP contribution in [0, 0.1) is 0 Å². The monoisotopic (exact) mass is 406 g/mol. The van der Waals surface area contributed by atoms with Gasteiger partial charge in [-0.15, -0.1) is 0 Å². The molecule has 28 heavy (non-hydrogen) atoms. The quantitative estimate of drug-likeness (QED) is 0.220. The van der Waals surface area contributed by atoms with Crippen molar-refractivity contribution in [2.75, 3.05) is 52.9 Å². The lowest BCUT2D eigenvalue weighted by Gasteiger charge is -2.17. The van der Waals surface area contributed by atoms with Gasteiger partial charge >= 0.3 is 6.16 Å². The summed E-state index contributed by atoms with van der Waals surface area (Å²) < 4.78 is 32.2. The summed E-state index contributed by atoms with van der Waals surface area (Å²) in [7, 11) is 0. The summed E-state index contributed by atoms with van der Waals surface area (Å²) in [6.45, 7) is 12.8. The largest absolute Gasteiger partial charge is 0.508 e. The molecule has 0 aliphatic rings. The normalized spacial score (nSPS) is 13.3. The van der Waals surface area contributed by atoms with Gasteiger partial charge in [0.2, 0.25) is 0 Å². The van der Waals surface area contributed by atoms with Gasteiger partial charge < -0.3 is 28.4 Å². The van der Waals surface area contributed by atoms with E-state index in [1.807, 2.05) is 13.8 Å². The van der Waals surface area contributed by atoms with Crippen LogP contribution in [0.2, 0.25) is 0 Å². The summed E-state index contributed by atoms with van der Waals surface area (Å²) in [5.41, 5.74) is 0. The average Bonchev–Trinajstić information content (AvgIpc) is 2.65. The van der Waals surface area contributed by atoms with E-state index >= 15 is 0 Å². The van der Waals surface area contributed by atoms with Crippen molar-refractivity contribution < 1.29 is 33.2 Å². The molecule has 0 heterocycles. The first-order valence-electron chi connectivity index (χ1n) is 10.8. The van der Waals surface area contributed by atoms with E-state index in [0.29, 0.717) is 52.5 Å². The molecule has 0 aliphatic carbocycles. The van der Waals surface area contributed by atoms with E-state index in [4.69, 9.17) is 28.4 Å². The molecule has 2 unspecified atom stereocenters. The first-order chi connectivity index (χ1) is 13.6. The van der Waals surface area contributed by atoms with Crippen molar-refractivity contribution in [3.05, 3.63) is 0 Å². The van der Waals surface area contributed by atoms with Crippen LogP contribution >= 0.6 is 0 Å². The molecular formula is C21H42O7. The first kappa shape index (κ1) is 27.1. The Labute approximate surface area is 171 Å². The van der Waals surface area contributed by atoms with E-state index in [1.54, 1.807) is 0 Å². The highest BCUT2D eigenvalue weighted by Gasteiger charge is 2.14. The molecule has 0 saturated carbocycles. The molecule has 7 heteroatoms.